The molecule has 0 bridgehead atoms. The maximum Gasteiger partial charge on any atom is 1.00 e. The van der Waals surface area contributed by atoms with Gasteiger partial charge in [0.25, 0.3) is 6.47 Å². The van der Waals surface area contributed by atoms with Crippen LogP contribution in [0.5, 0.6) is 46.0 Å². The number of aliphatic hydroxyl groups excluding tert-OH is 4. The van der Waals surface area contributed by atoms with Crippen molar-refractivity contribution in [3.8, 4) is 79.4 Å². The van der Waals surface area contributed by atoms with Crippen LogP contribution in [0, 0.1) is 6.07 Å². The van der Waals surface area contributed by atoms with Crippen LogP contribution in [0.4, 0.5) is 0 Å². The molecule has 568 valence electrons. The van der Waals surface area contributed by atoms with Gasteiger partial charge in [0.15, 0.2) is 39.3 Å². The van der Waals surface area contributed by atoms with E-state index < -0.39 is 51.6 Å². The van der Waals surface area contributed by atoms with Gasteiger partial charge in [0.1, 0.15) is 24.4 Å². The molecule has 4 aliphatic rings. The van der Waals surface area contributed by atoms with Crippen LogP contribution in [0.15, 0.2) is 102 Å². The summed E-state index contributed by atoms with van der Waals surface area (Å²) in [6.45, 7) is 3.58. The Hall–Kier alpha value is -3.73. The first-order chi connectivity index (χ1) is 49.2. The number of hydrogen-bond donors (Lipinski definition) is 9. The van der Waals surface area contributed by atoms with Gasteiger partial charge < -0.3 is 101 Å². The number of hydrogen-bond acceptors (Lipinski definition) is 30. The number of carbonyl (C=O) groups is 4. The van der Waals surface area contributed by atoms with Crippen molar-refractivity contribution in [1.29, 1.82) is 0 Å². The van der Waals surface area contributed by atoms with Gasteiger partial charge in [-0.25, -0.2) is 5.26 Å². The second kappa shape index (κ2) is 48.4. The number of thioether (sulfide) groups is 3. The number of rotatable bonds is 17. The van der Waals surface area contributed by atoms with Crippen LogP contribution in [-0.4, -0.2) is 159 Å². The molecule has 1 saturated heterocycles. The maximum atomic E-state index is 13.0. The van der Waals surface area contributed by atoms with Gasteiger partial charge in [0.2, 0.25) is 35.5 Å². The van der Waals surface area contributed by atoms with Crippen LogP contribution in [0.3, 0.4) is 0 Å². The molecule has 3 aliphatic carbocycles. The largest absolute Gasteiger partial charge is 1.00 e. The van der Waals surface area contributed by atoms with Crippen molar-refractivity contribution < 1.29 is 275 Å². The Balaban J connectivity index is 0.00000150. The fraction of sp³-hybridized carbons (Fsp3) is 0.386. The summed E-state index contributed by atoms with van der Waals surface area (Å²) in [6, 6.07) is 23.1. The summed E-state index contributed by atoms with van der Waals surface area (Å²) in [5.41, 5.74) is 9.12. The Morgan fingerprint density at radius 2 is 0.972 bits per heavy atom. The average Bonchev–Trinajstić information content (AvgIpc) is 1.74. The smallest absolute Gasteiger partial charge is 1.00 e. The number of aromatic hydroxyl groups is 1. The van der Waals surface area contributed by atoms with Gasteiger partial charge in [-0.15, -0.1) is 46.9 Å². The van der Waals surface area contributed by atoms with E-state index in [1.165, 1.54) is 84.5 Å². The Labute approximate surface area is 761 Å². The molecule has 1 aliphatic heterocycles. The first kappa shape index (κ1) is 99.3. The molecule has 3 amide bonds. The van der Waals surface area contributed by atoms with E-state index in [1.54, 1.807) is 56.7 Å². The Kier molecular flexibility index (Phi) is 44.9. The molecule has 0 aromatic heterocycles. The van der Waals surface area contributed by atoms with E-state index in [4.69, 9.17) is 62.7 Å². The van der Waals surface area contributed by atoms with Gasteiger partial charge in [-0.1, -0.05) is 30.2 Å². The number of amides is 3. The molecule has 107 heavy (non-hydrogen) atoms. The molecule has 6 aromatic carbocycles. The van der Waals surface area contributed by atoms with Gasteiger partial charge >= 0.3 is 162 Å². The van der Waals surface area contributed by atoms with Crippen molar-refractivity contribution in [1.82, 2.24) is 16.0 Å². The summed E-state index contributed by atoms with van der Waals surface area (Å²) in [6.07, 6.45) is 1.67. The van der Waals surface area contributed by atoms with Crippen molar-refractivity contribution in [3.63, 3.8) is 0 Å². The molecule has 0 saturated carbocycles. The molecule has 1 fully saturated rings. The summed E-state index contributed by atoms with van der Waals surface area (Å²) < 4.78 is 56.7. The molecule has 10 rings (SSSR count). The van der Waals surface area contributed by atoms with Crippen molar-refractivity contribution in [2.45, 2.75) is 123 Å². The third-order valence-electron chi connectivity index (χ3n) is 16.7. The number of methoxy groups -OCH3 is 6. The second-order valence-corrected chi connectivity index (χ2v) is 25.9. The van der Waals surface area contributed by atoms with Gasteiger partial charge in [-0.05, 0) is 148 Å². The molecule has 6 aromatic rings. The number of phenolic OH excluding ortho intramolecular Hbond substituents is 1. The fourth-order valence-corrected chi connectivity index (χ4v) is 13.8. The fourth-order valence-electron chi connectivity index (χ4n) is 12.4. The summed E-state index contributed by atoms with van der Waals surface area (Å²) in [4.78, 5) is 95.9. The Bertz CT molecular complexity index is 4290. The van der Waals surface area contributed by atoms with Gasteiger partial charge in [0.05, 0.1) is 87.8 Å². The van der Waals surface area contributed by atoms with E-state index in [0.717, 1.165) is 56.5 Å². The molecule has 30 nitrogen and oxygen atoms in total. The number of aliphatic hydroxyl groups is 4. The standard InChI is InChI=1S/C27H33NO10S.C21H23NO5S.C21H22NO4S.CH2O3.3K.HO4P.H2O.H2.H/c1-12(30)28-16-7-5-13-9-18(37-27-24(34)23(33)22(32)19(11-29)38-27)25(35-2)26(36-3)21(13)14-6-8-20(39-4)17(31)10-15(14)16;1-11(23)22-15-7-5-12-9-17(25)20(26-2)21(27-3)19(12)13-6-8-18(28-4)16(24)10-14(13)15;1-12(23)22-16-8-5-13-6-9-18(25-2)21(26-3)20(13)14-7-10-19(27-4)17(24)11-15(14)16;2-1-4-3;;;;1-4-5(2)3;;;/h6,8-10,16,19,22-24,27,29,32-34H,5,7,11H2,1-4H3,(H,28,30);6,8-10,15,25H,5,7H2,1-4H3,(H,22,23);6-7,10-11,16H,5,8H2,1-4H3,(H,22,23);1,3H;;;;1H;1H2;1H;/q;;-1;;3*+1;;;;-1/p-2/t16-,19+,22+,23-,24+,27+;15-;16-;;;;;;;;/m000......../s1. The molecule has 0 spiro atoms. The quantitative estimate of drug-likeness (QED) is 0.00815. The first-order valence-corrected chi connectivity index (χ1v) is 36.1. The molecular weight excluding hydrogens is 1560 g/mol. The zero-order valence-electron chi connectivity index (χ0n) is 62.5. The number of ether oxygens (including phenoxy) is 8. The molecule has 1 heterocycles. The second-order valence-electron chi connectivity index (χ2n) is 22.8. The average molecular weight is 1640 g/mol. The normalized spacial score (nSPS) is 18.0. The molecule has 37 heteroatoms. The van der Waals surface area contributed by atoms with E-state index in [-0.39, 0.29) is 238 Å². The van der Waals surface area contributed by atoms with Crippen LogP contribution < -0.4 is 230 Å². The molecule has 10 N–H and O–H groups in total. The number of fused-ring (bicyclic) bond motifs is 9. The summed E-state index contributed by atoms with van der Waals surface area (Å²) >= 11 is 4.10. The molecule has 0 radical (unpaired) electrons. The predicted octanol–water partition coefficient (Wildman–Crippen LogP) is -3.46. The monoisotopic (exact) mass is 1640 g/mol. The third kappa shape index (κ3) is 25.1. The molecule has 1 unspecified atom stereocenters. The van der Waals surface area contributed by atoms with Crippen molar-refractivity contribution in [2.75, 3.05) is 68.0 Å². The summed E-state index contributed by atoms with van der Waals surface area (Å²) in [5.74, 6) is 1.80. The predicted molar refractivity (Wildman–Crippen MR) is 382 cm³/mol. The van der Waals surface area contributed by atoms with E-state index in [2.05, 4.69) is 31.6 Å². The van der Waals surface area contributed by atoms with Crippen molar-refractivity contribution in [3.05, 3.63) is 143 Å². The number of aryl methyl sites for hydroxylation is 3. The van der Waals surface area contributed by atoms with Crippen LogP contribution in [0.2, 0.25) is 0 Å². The van der Waals surface area contributed by atoms with Gasteiger partial charge in [-0.2, -0.15) is 6.07 Å². The number of nitrogens with one attached hydrogen (secondary N) is 3. The van der Waals surface area contributed by atoms with Crippen molar-refractivity contribution >= 4 is 67.7 Å². The van der Waals surface area contributed by atoms with Gasteiger partial charge in [-0.3, -0.25) is 33.6 Å². The van der Waals surface area contributed by atoms with Crippen LogP contribution >= 0.6 is 43.5 Å². The minimum atomic E-state index is -3.04. The Morgan fingerprint density at radius 1 is 0.607 bits per heavy atom. The Morgan fingerprint density at radius 3 is 1.31 bits per heavy atom. The first-order valence-electron chi connectivity index (χ1n) is 31.3. The zero-order chi connectivity index (χ0) is 76.1. The topological polar surface area (TPSA) is 462 Å². The van der Waals surface area contributed by atoms with Crippen LogP contribution in [-0.2, 0) is 57.3 Å². The van der Waals surface area contributed by atoms with E-state index in [9.17, 15) is 54.3 Å². The summed E-state index contributed by atoms with van der Waals surface area (Å²) in [5, 5.41) is 75.2. The van der Waals surface area contributed by atoms with E-state index in [1.807, 2.05) is 49.1 Å². The van der Waals surface area contributed by atoms with E-state index in [0.29, 0.717) is 86.5 Å². The van der Waals surface area contributed by atoms with Crippen LogP contribution in [0.1, 0.15) is 94.4 Å². The minimum absolute atomic E-state index is 0. The number of benzene rings is 3. The summed E-state index contributed by atoms with van der Waals surface area (Å²) in [7, 11) is 5.98. The maximum absolute atomic E-state index is 13.0. The number of carbonyl (C=O) groups excluding carboxylic acids is 4. The van der Waals surface area contributed by atoms with Gasteiger partial charge in [0, 0.05) is 43.7 Å². The van der Waals surface area contributed by atoms with Crippen molar-refractivity contribution in [2.24, 2.45) is 0 Å². The molecule has 9 atom stereocenters. The third-order valence-corrected chi connectivity index (χ3v) is 19.2. The zero-order valence-corrected chi connectivity index (χ0v) is 74.3. The van der Waals surface area contributed by atoms with Crippen LogP contribution in [0.25, 0.3) is 33.4 Å². The minimum Gasteiger partial charge on any atom is -1.00 e. The number of phenols is 1. The van der Waals surface area contributed by atoms with E-state index >= 15 is 0 Å². The molecular formula is C70H84K3N3O27PS3-. The SMILES string of the molecule is COc1[c-]cc2c(c1OC)-c1ccc(SC)c(=O)cc1[C@@H](NC(C)=O)CC2.COc1c(O)cc2c(c1OC)-c1ccc(SC)c(=O)cc1[C@@H](NC(C)=O)CC2.COc1c(O[C@@H]2O[C@H](CO)[C@@H](O)[C@H](O)[C@H]2O)cc2c(c1OC)-c1ccc(SC)c(=O)cc1[C@@H](NC(C)=O)CC2.O=CO[O-].O=[P+]([O-])OO.[H-].[HH].[K+].[K+].[K+].[OH-].